The summed E-state index contributed by atoms with van der Waals surface area (Å²) in [4.78, 5) is 39.4. The van der Waals surface area contributed by atoms with Crippen molar-refractivity contribution >= 4 is 43.9 Å². The number of nitrogens with zero attached hydrogens (tertiary/aromatic N) is 5. The lowest BCUT2D eigenvalue weighted by Crippen LogP contribution is -2.26. The number of carbonyl (C=O) groups excluding carboxylic acids is 1. The second kappa shape index (κ2) is 9.78. The van der Waals surface area contributed by atoms with Gasteiger partial charge in [-0.05, 0) is 44.5 Å². The monoisotopic (exact) mass is 526 g/mol. The Labute approximate surface area is 212 Å². The number of carbonyl (C=O) groups is 1. The summed E-state index contributed by atoms with van der Waals surface area (Å²) >= 11 is 1.11. The molecule has 0 fully saturated rings. The first-order chi connectivity index (χ1) is 17.0. The molecule has 10 nitrogen and oxygen atoms in total. The number of hydrogen-bond donors (Lipinski definition) is 1. The van der Waals surface area contributed by atoms with Crippen LogP contribution in [0.5, 0.6) is 0 Å². The third kappa shape index (κ3) is 5.14. The molecule has 12 heteroatoms. The molecule has 3 heterocycles. The lowest BCUT2D eigenvalue weighted by Gasteiger charge is -2.12. The van der Waals surface area contributed by atoms with Gasteiger partial charge < -0.3 is 4.90 Å². The van der Waals surface area contributed by atoms with Gasteiger partial charge in [0.15, 0.2) is 4.21 Å². The van der Waals surface area contributed by atoms with E-state index in [0.717, 1.165) is 11.3 Å². The van der Waals surface area contributed by atoms with Crippen LogP contribution < -0.4 is 10.3 Å². The molecule has 0 aliphatic carbocycles. The summed E-state index contributed by atoms with van der Waals surface area (Å²) in [6, 6.07) is 6.93. The first kappa shape index (κ1) is 25.5. The van der Waals surface area contributed by atoms with E-state index in [1.165, 1.54) is 15.8 Å². The number of hydrogen-bond acceptors (Lipinski definition) is 8. The van der Waals surface area contributed by atoms with Gasteiger partial charge in [-0.15, -0.1) is 11.3 Å². The zero-order chi connectivity index (χ0) is 26.2. The number of aromatic nitrogens is 4. The number of sulfonamides is 1. The number of fused-ring (bicyclic) bond motifs is 1. The highest BCUT2D eigenvalue weighted by atomic mass is 32.2. The average molecular weight is 527 g/mol. The SMILES string of the molecule is Cc1nc(C)c(S(=O)(=O)Nc2cc(-c3ccc4ncn(CCC(=O)N(C)C)c(=O)c4c3)cnc2C)s1. The van der Waals surface area contributed by atoms with Gasteiger partial charge in [-0.2, -0.15) is 0 Å². The first-order valence-electron chi connectivity index (χ1n) is 11.1. The molecule has 0 unspecified atom stereocenters. The minimum Gasteiger partial charge on any atom is -0.349 e. The second-order valence-electron chi connectivity index (χ2n) is 8.58. The van der Waals surface area contributed by atoms with Crippen molar-refractivity contribution in [3.8, 4) is 11.1 Å². The van der Waals surface area contributed by atoms with E-state index >= 15 is 0 Å². The van der Waals surface area contributed by atoms with Crippen LogP contribution in [0, 0.1) is 20.8 Å². The van der Waals surface area contributed by atoms with Gasteiger partial charge >= 0.3 is 0 Å². The van der Waals surface area contributed by atoms with Crippen LogP contribution in [0.25, 0.3) is 22.0 Å². The number of pyridine rings is 1. The normalized spacial score (nSPS) is 11.6. The summed E-state index contributed by atoms with van der Waals surface area (Å²) in [7, 11) is -0.507. The van der Waals surface area contributed by atoms with Crippen LogP contribution in [0.15, 0.2) is 45.8 Å². The lowest BCUT2D eigenvalue weighted by atomic mass is 10.0. The minimum absolute atomic E-state index is 0.0832. The maximum Gasteiger partial charge on any atom is 0.273 e. The van der Waals surface area contributed by atoms with Crippen molar-refractivity contribution < 1.29 is 13.2 Å². The Hall–Kier alpha value is -3.64. The summed E-state index contributed by atoms with van der Waals surface area (Å²) in [5.74, 6) is -0.0832. The Kier molecular flexibility index (Phi) is 6.92. The van der Waals surface area contributed by atoms with E-state index in [2.05, 4.69) is 19.7 Å². The maximum atomic E-state index is 13.1. The van der Waals surface area contributed by atoms with Gasteiger partial charge in [-0.1, -0.05) is 6.07 Å². The number of nitrogens with one attached hydrogen (secondary N) is 1. The Bertz CT molecular complexity index is 1640. The molecule has 3 aromatic heterocycles. The van der Waals surface area contributed by atoms with Gasteiger partial charge in [-0.3, -0.25) is 23.9 Å². The predicted octanol–water partition coefficient (Wildman–Crippen LogP) is 3.12. The summed E-state index contributed by atoms with van der Waals surface area (Å²) in [5.41, 5.74) is 2.87. The van der Waals surface area contributed by atoms with Gasteiger partial charge in [0.2, 0.25) is 5.91 Å². The van der Waals surface area contributed by atoms with Gasteiger partial charge in [0.25, 0.3) is 15.6 Å². The maximum absolute atomic E-state index is 13.1. The van der Waals surface area contributed by atoms with E-state index in [1.54, 1.807) is 65.3 Å². The van der Waals surface area contributed by atoms with E-state index in [4.69, 9.17) is 0 Å². The summed E-state index contributed by atoms with van der Waals surface area (Å²) in [5, 5.41) is 1.06. The van der Waals surface area contributed by atoms with Crippen LogP contribution in [0.4, 0.5) is 5.69 Å². The highest BCUT2D eigenvalue weighted by Gasteiger charge is 2.22. The predicted molar refractivity (Wildman–Crippen MR) is 140 cm³/mol. The van der Waals surface area contributed by atoms with Crippen LogP contribution in [0.2, 0.25) is 0 Å². The molecule has 0 spiro atoms. The molecule has 188 valence electrons. The van der Waals surface area contributed by atoms with Crippen molar-refractivity contribution in [3.05, 3.63) is 63.5 Å². The van der Waals surface area contributed by atoms with Crippen LogP contribution in [0.3, 0.4) is 0 Å². The van der Waals surface area contributed by atoms with Gasteiger partial charge in [-0.25, -0.2) is 18.4 Å². The van der Waals surface area contributed by atoms with E-state index in [9.17, 15) is 18.0 Å². The van der Waals surface area contributed by atoms with Crippen molar-refractivity contribution in [2.45, 2.75) is 37.9 Å². The zero-order valence-corrected chi connectivity index (χ0v) is 22.2. The Morgan fingerprint density at radius 2 is 1.83 bits per heavy atom. The summed E-state index contributed by atoms with van der Waals surface area (Å²) < 4.78 is 30.2. The fraction of sp³-hybridized carbons (Fsp3) is 0.292. The van der Waals surface area contributed by atoms with Crippen LogP contribution in [-0.2, 0) is 21.4 Å². The number of anilines is 1. The highest BCUT2D eigenvalue weighted by molar-refractivity contribution is 7.94. The Morgan fingerprint density at radius 3 is 2.50 bits per heavy atom. The van der Waals surface area contributed by atoms with Crippen molar-refractivity contribution in [1.82, 2.24) is 24.4 Å². The molecule has 0 saturated carbocycles. The molecule has 0 bridgehead atoms. The molecule has 1 aromatic carbocycles. The van der Waals surface area contributed by atoms with Crippen molar-refractivity contribution in [3.63, 3.8) is 0 Å². The molecule has 0 atom stereocenters. The van der Waals surface area contributed by atoms with E-state index in [-0.39, 0.29) is 28.6 Å². The number of amides is 1. The molecule has 1 amide bonds. The standard InChI is InChI=1S/C24H26N6O4S2/c1-14-21(28-36(33,34)24-15(2)27-16(3)35-24)11-18(12-25-14)17-6-7-20-19(10-17)23(32)30(13-26-20)9-8-22(31)29(4)5/h6-7,10-13,28H,8-9H2,1-5H3. The van der Waals surface area contributed by atoms with Crippen LogP contribution in [0.1, 0.15) is 22.8 Å². The smallest absolute Gasteiger partial charge is 0.273 e. The first-order valence-corrected chi connectivity index (χ1v) is 13.4. The van der Waals surface area contributed by atoms with Gasteiger partial charge in [0.05, 0.1) is 39.3 Å². The molecular weight excluding hydrogens is 500 g/mol. The topological polar surface area (TPSA) is 127 Å². The molecule has 0 saturated heterocycles. The van der Waals surface area contributed by atoms with Gasteiger partial charge in [0, 0.05) is 38.8 Å². The Balaban J connectivity index is 1.69. The average Bonchev–Trinajstić information content (AvgIpc) is 3.18. The minimum atomic E-state index is -3.84. The summed E-state index contributed by atoms with van der Waals surface area (Å²) in [6.45, 7) is 5.35. The van der Waals surface area contributed by atoms with Crippen molar-refractivity contribution in [2.24, 2.45) is 0 Å². The molecule has 0 radical (unpaired) electrons. The number of thiazole rings is 1. The third-order valence-electron chi connectivity index (χ3n) is 5.66. The van der Waals surface area contributed by atoms with E-state index in [1.807, 2.05) is 0 Å². The second-order valence-corrected chi connectivity index (χ2v) is 11.7. The lowest BCUT2D eigenvalue weighted by molar-refractivity contribution is -0.128. The number of aryl methyl sites for hydroxylation is 4. The van der Waals surface area contributed by atoms with Crippen molar-refractivity contribution in [2.75, 3.05) is 18.8 Å². The molecule has 1 N–H and O–H groups in total. The highest BCUT2D eigenvalue weighted by Crippen LogP contribution is 2.29. The van der Waals surface area contributed by atoms with E-state index in [0.29, 0.717) is 44.1 Å². The molecule has 36 heavy (non-hydrogen) atoms. The largest absolute Gasteiger partial charge is 0.349 e. The van der Waals surface area contributed by atoms with Crippen molar-refractivity contribution in [1.29, 1.82) is 0 Å². The zero-order valence-electron chi connectivity index (χ0n) is 20.6. The quantitative estimate of drug-likeness (QED) is 0.392. The molecule has 0 aliphatic rings. The fourth-order valence-electron chi connectivity index (χ4n) is 3.68. The third-order valence-corrected chi connectivity index (χ3v) is 8.71. The summed E-state index contributed by atoms with van der Waals surface area (Å²) in [6.07, 6.45) is 3.25. The van der Waals surface area contributed by atoms with Crippen LogP contribution >= 0.6 is 11.3 Å². The van der Waals surface area contributed by atoms with Crippen LogP contribution in [-0.4, -0.2) is 52.8 Å². The van der Waals surface area contributed by atoms with Gasteiger partial charge in [0.1, 0.15) is 0 Å². The molecular formula is C24H26N6O4S2. The molecule has 4 aromatic rings. The molecule has 0 aliphatic heterocycles. The van der Waals surface area contributed by atoms with E-state index < -0.39 is 10.0 Å². The molecule has 4 rings (SSSR count). The fourth-order valence-corrected chi connectivity index (χ4v) is 6.28. The number of rotatable bonds is 7. The Morgan fingerprint density at radius 1 is 1.08 bits per heavy atom. The number of benzene rings is 1.